The molecular formula is C9H8N2O. The van der Waals surface area contributed by atoms with Crippen molar-refractivity contribution in [3.63, 3.8) is 0 Å². The Labute approximate surface area is 69.9 Å². The van der Waals surface area contributed by atoms with E-state index in [9.17, 15) is 4.79 Å². The molecule has 60 valence electrons. The SMILES string of the molecule is NC(=O)c1cnc2c(c1)C=CC2. The molecule has 0 saturated heterocycles. The van der Waals surface area contributed by atoms with Crippen LogP contribution in [0, 0.1) is 0 Å². The maximum Gasteiger partial charge on any atom is 0.250 e. The quantitative estimate of drug-likeness (QED) is 0.659. The van der Waals surface area contributed by atoms with E-state index in [2.05, 4.69) is 4.98 Å². The number of carbonyl (C=O) groups is 1. The van der Waals surface area contributed by atoms with Crippen molar-refractivity contribution < 1.29 is 4.79 Å². The van der Waals surface area contributed by atoms with Crippen LogP contribution in [0.15, 0.2) is 18.3 Å². The summed E-state index contributed by atoms with van der Waals surface area (Å²) in [5, 5.41) is 0. The van der Waals surface area contributed by atoms with Crippen molar-refractivity contribution in [3.05, 3.63) is 35.2 Å². The molecule has 3 nitrogen and oxygen atoms in total. The number of hydrogen-bond donors (Lipinski definition) is 1. The van der Waals surface area contributed by atoms with Crippen LogP contribution >= 0.6 is 0 Å². The summed E-state index contributed by atoms with van der Waals surface area (Å²) in [6.45, 7) is 0. The van der Waals surface area contributed by atoms with Crippen molar-refractivity contribution >= 4 is 12.0 Å². The lowest BCUT2D eigenvalue weighted by molar-refractivity contribution is 0.1000. The third kappa shape index (κ3) is 0.993. The summed E-state index contributed by atoms with van der Waals surface area (Å²) in [5.41, 5.74) is 7.60. The number of nitrogens with zero attached hydrogens (tertiary/aromatic N) is 1. The molecule has 1 aliphatic rings. The van der Waals surface area contributed by atoms with Gasteiger partial charge in [-0.1, -0.05) is 12.2 Å². The first kappa shape index (κ1) is 7.03. The first-order chi connectivity index (χ1) is 5.77. The first-order valence-electron chi connectivity index (χ1n) is 3.72. The van der Waals surface area contributed by atoms with E-state index >= 15 is 0 Å². The largest absolute Gasteiger partial charge is 0.366 e. The van der Waals surface area contributed by atoms with Gasteiger partial charge in [-0.05, 0) is 11.6 Å². The Morgan fingerprint density at radius 3 is 3.17 bits per heavy atom. The number of allylic oxidation sites excluding steroid dienone is 1. The number of nitrogens with two attached hydrogens (primary N) is 1. The van der Waals surface area contributed by atoms with Crippen molar-refractivity contribution in [2.75, 3.05) is 0 Å². The zero-order valence-corrected chi connectivity index (χ0v) is 6.45. The molecule has 0 saturated carbocycles. The normalized spacial score (nSPS) is 13.0. The lowest BCUT2D eigenvalue weighted by Gasteiger charge is -1.98. The van der Waals surface area contributed by atoms with Crippen molar-refractivity contribution in [3.8, 4) is 0 Å². The molecule has 12 heavy (non-hydrogen) atoms. The first-order valence-corrected chi connectivity index (χ1v) is 3.72. The Morgan fingerprint density at radius 1 is 1.58 bits per heavy atom. The predicted molar refractivity (Wildman–Crippen MR) is 45.5 cm³/mol. The van der Waals surface area contributed by atoms with E-state index in [-0.39, 0.29) is 0 Å². The molecule has 0 aliphatic heterocycles. The van der Waals surface area contributed by atoms with Crippen LogP contribution in [0.1, 0.15) is 21.6 Å². The smallest absolute Gasteiger partial charge is 0.250 e. The summed E-state index contributed by atoms with van der Waals surface area (Å²) in [7, 11) is 0. The highest BCUT2D eigenvalue weighted by Crippen LogP contribution is 2.17. The zero-order chi connectivity index (χ0) is 8.55. The highest BCUT2D eigenvalue weighted by Gasteiger charge is 2.08. The summed E-state index contributed by atoms with van der Waals surface area (Å²) in [5.74, 6) is -0.425. The number of pyridine rings is 1. The minimum Gasteiger partial charge on any atom is -0.366 e. The monoisotopic (exact) mass is 160 g/mol. The third-order valence-electron chi connectivity index (χ3n) is 1.90. The van der Waals surface area contributed by atoms with Gasteiger partial charge in [-0.25, -0.2) is 0 Å². The third-order valence-corrected chi connectivity index (χ3v) is 1.90. The molecule has 0 atom stereocenters. The van der Waals surface area contributed by atoms with Gasteiger partial charge in [-0.15, -0.1) is 0 Å². The Morgan fingerprint density at radius 2 is 2.42 bits per heavy atom. The summed E-state index contributed by atoms with van der Waals surface area (Å²) < 4.78 is 0. The van der Waals surface area contributed by atoms with Crippen molar-refractivity contribution in [2.45, 2.75) is 6.42 Å². The lowest BCUT2D eigenvalue weighted by atomic mass is 10.1. The van der Waals surface area contributed by atoms with Crippen molar-refractivity contribution in [2.24, 2.45) is 5.73 Å². The minimum atomic E-state index is -0.425. The van der Waals surface area contributed by atoms with E-state index in [1.165, 1.54) is 6.20 Å². The molecule has 0 aromatic carbocycles. The van der Waals surface area contributed by atoms with Gasteiger partial charge in [0.15, 0.2) is 0 Å². The van der Waals surface area contributed by atoms with Crippen LogP contribution in [-0.2, 0) is 6.42 Å². The van der Waals surface area contributed by atoms with Crippen molar-refractivity contribution in [1.29, 1.82) is 0 Å². The molecule has 2 rings (SSSR count). The summed E-state index contributed by atoms with van der Waals surface area (Å²) >= 11 is 0. The lowest BCUT2D eigenvalue weighted by Crippen LogP contribution is -2.11. The van der Waals surface area contributed by atoms with Gasteiger partial charge in [-0.2, -0.15) is 0 Å². The van der Waals surface area contributed by atoms with Crippen molar-refractivity contribution in [1.82, 2.24) is 4.98 Å². The van der Waals surface area contributed by atoms with Crippen LogP contribution in [0.3, 0.4) is 0 Å². The van der Waals surface area contributed by atoms with Crippen LogP contribution in [0.25, 0.3) is 6.08 Å². The van der Waals surface area contributed by atoms with Gasteiger partial charge < -0.3 is 5.73 Å². The van der Waals surface area contributed by atoms with Gasteiger partial charge in [0.25, 0.3) is 0 Å². The Hall–Kier alpha value is -1.64. The Bertz CT molecular complexity index is 369. The number of hydrogen-bond acceptors (Lipinski definition) is 2. The number of primary amides is 1. The molecular weight excluding hydrogens is 152 g/mol. The number of amides is 1. The van der Waals surface area contributed by atoms with Crippen LogP contribution in [0.5, 0.6) is 0 Å². The van der Waals surface area contributed by atoms with Crippen LogP contribution in [-0.4, -0.2) is 10.9 Å². The minimum absolute atomic E-state index is 0.425. The van der Waals surface area contributed by atoms with E-state index in [0.29, 0.717) is 5.56 Å². The second-order valence-electron chi connectivity index (χ2n) is 2.73. The Kier molecular flexibility index (Phi) is 1.43. The van der Waals surface area contributed by atoms with E-state index in [0.717, 1.165) is 17.7 Å². The van der Waals surface area contributed by atoms with Gasteiger partial charge in [0.2, 0.25) is 5.91 Å². The van der Waals surface area contributed by atoms with Crippen LogP contribution in [0.4, 0.5) is 0 Å². The molecule has 0 spiro atoms. The molecule has 1 aromatic heterocycles. The average Bonchev–Trinajstić information content (AvgIpc) is 2.49. The van der Waals surface area contributed by atoms with Crippen LogP contribution in [0.2, 0.25) is 0 Å². The van der Waals surface area contributed by atoms with E-state index < -0.39 is 5.91 Å². The fourth-order valence-electron chi connectivity index (χ4n) is 1.26. The summed E-state index contributed by atoms with van der Waals surface area (Å²) in [6.07, 6.45) is 6.35. The maximum absolute atomic E-state index is 10.8. The molecule has 0 fully saturated rings. The fourth-order valence-corrected chi connectivity index (χ4v) is 1.26. The predicted octanol–water partition coefficient (Wildman–Crippen LogP) is 0.750. The highest BCUT2D eigenvalue weighted by molar-refractivity contribution is 5.93. The number of rotatable bonds is 1. The number of carbonyl (C=O) groups excluding carboxylic acids is 1. The second kappa shape index (κ2) is 2.44. The highest BCUT2D eigenvalue weighted by atomic mass is 16.1. The van der Waals surface area contributed by atoms with Crippen LogP contribution < -0.4 is 5.73 Å². The maximum atomic E-state index is 10.8. The molecule has 1 amide bonds. The van der Waals surface area contributed by atoms with E-state index in [4.69, 9.17) is 5.73 Å². The standard InChI is InChI=1S/C9H8N2O/c10-9(12)7-4-6-2-1-3-8(6)11-5-7/h1-2,4-5H,3H2,(H2,10,12). The van der Waals surface area contributed by atoms with Gasteiger partial charge in [0.05, 0.1) is 11.3 Å². The topological polar surface area (TPSA) is 56.0 Å². The average molecular weight is 160 g/mol. The fraction of sp³-hybridized carbons (Fsp3) is 0.111. The van der Waals surface area contributed by atoms with Gasteiger partial charge in [0, 0.05) is 12.6 Å². The molecule has 0 bridgehead atoms. The number of aromatic nitrogens is 1. The molecule has 0 radical (unpaired) electrons. The van der Waals surface area contributed by atoms with E-state index in [1.54, 1.807) is 6.07 Å². The Balaban J connectivity index is 2.51. The van der Waals surface area contributed by atoms with Gasteiger partial charge >= 0.3 is 0 Å². The molecule has 1 aliphatic carbocycles. The molecule has 0 unspecified atom stereocenters. The second-order valence-corrected chi connectivity index (χ2v) is 2.73. The molecule has 1 heterocycles. The summed E-state index contributed by atoms with van der Waals surface area (Å²) in [6, 6.07) is 1.77. The zero-order valence-electron chi connectivity index (χ0n) is 6.45. The number of fused-ring (bicyclic) bond motifs is 1. The molecule has 3 heteroatoms. The molecule has 1 aromatic rings. The van der Waals surface area contributed by atoms with Gasteiger partial charge in [0.1, 0.15) is 0 Å². The van der Waals surface area contributed by atoms with Gasteiger partial charge in [-0.3, -0.25) is 9.78 Å². The summed E-state index contributed by atoms with van der Waals surface area (Å²) in [4.78, 5) is 14.9. The molecule has 2 N–H and O–H groups in total. The van der Waals surface area contributed by atoms with E-state index in [1.807, 2.05) is 12.2 Å².